The zero-order valence-electron chi connectivity index (χ0n) is 14.3. The Morgan fingerprint density at radius 1 is 1.08 bits per heavy atom. The minimum Gasteiger partial charge on any atom is -0.465 e. The summed E-state index contributed by atoms with van der Waals surface area (Å²) < 4.78 is 12.8. The van der Waals surface area contributed by atoms with Gasteiger partial charge in [0.05, 0.1) is 0 Å². The van der Waals surface area contributed by atoms with Crippen LogP contribution in [0.1, 0.15) is 63.2 Å². The van der Waals surface area contributed by atoms with Crippen LogP contribution in [-0.2, 0) is 4.79 Å². The Balaban J connectivity index is 2.40. The monoisotopic (exact) mass is 337 g/mol. The second kappa shape index (κ2) is 8.57. The normalized spacial score (nSPS) is 11.2. The summed E-state index contributed by atoms with van der Waals surface area (Å²) in [7, 11) is 0. The number of ketones is 1. The lowest BCUT2D eigenvalue weighted by Crippen LogP contribution is -2.49. The number of amides is 2. The summed E-state index contributed by atoms with van der Waals surface area (Å²) in [4.78, 5) is 35.4. The molecule has 0 heterocycles. The maximum atomic E-state index is 12.8. The van der Waals surface area contributed by atoms with Crippen LogP contribution >= 0.6 is 0 Å². The van der Waals surface area contributed by atoms with Crippen molar-refractivity contribution in [2.75, 3.05) is 0 Å². The Bertz CT molecular complexity index is 582. The average Bonchev–Trinajstić information content (AvgIpc) is 2.45. The van der Waals surface area contributed by atoms with Crippen LogP contribution in [0.2, 0.25) is 0 Å². The molecule has 0 unspecified atom stereocenters. The fraction of sp³-hybridized carbons (Fsp3) is 0.500. The second-order valence-corrected chi connectivity index (χ2v) is 6.44. The molecule has 1 aromatic carbocycles. The first-order chi connectivity index (χ1) is 11.1. The summed E-state index contributed by atoms with van der Waals surface area (Å²) in [5, 5.41) is 9.13. The Morgan fingerprint density at radius 3 is 2.17 bits per heavy atom. The topological polar surface area (TPSA) is 74.7 Å². The van der Waals surface area contributed by atoms with E-state index in [1.54, 1.807) is 13.8 Å². The highest BCUT2D eigenvalue weighted by atomic mass is 19.1. The van der Waals surface area contributed by atoms with Crippen molar-refractivity contribution in [1.29, 1.82) is 0 Å². The van der Waals surface area contributed by atoms with Gasteiger partial charge in [-0.2, -0.15) is 0 Å². The summed E-state index contributed by atoms with van der Waals surface area (Å²) in [5.74, 6) is -0.911. The maximum Gasteiger partial charge on any atom is 0.414 e. The summed E-state index contributed by atoms with van der Waals surface area (Å²) in [6, 6.07) is 5.47. The first-order valence-corrected chi connectivity index (χ1v) is 7.97. The minimum atomic E-state index is -1.25. The lowest BCUT2D eigenvalue weighted by molar-refractivity contribution is -0.131. The molecule has 0 bridgehead atoms. The van der Waals surface area contributed by atoms with Gasteiger partial charge < -0.3 is 5.11 Å². The number of halogens is 1. The van der Waals surface area contributed by atoms with Crippen LogP contribution in [0.5, 0.6) is 0 Å². The van der Waals surface area contributed by atoms with Crippen LogP contribution in [0.3, 0.4) is 0 Å². The number of carbonyl (C=O) groups is 3. The number of hydrogen-bond acceptors (Lipinski definition) is 3. The molecular weight excluding hydrogens is 313 g/mol. The number of carboxylic acid groups (broad SMARTS) is 1. The highest BCUT2D eigenvalue weighted by Crippen LogP contribution is 2.23. The van der Waals surface area contributed by atoms with Crippen LogP contribution in [-0.4, -0.2) is 33.3 Å². The molecule has 0 saturated heterocycles. The van der Waals surface area contributed by atoms with E-state index in [4.69, 9.17) is 5.11 Å². The molecule has 0 aliphatic rings. The maximum absolute atomic E-state index is 12.8. The molecule has 0 aliphatic carbocycles. The zero-order chi connectivity index (χ0) is 18.3. The van der Waals surface area contributed by atoms with Crippen LogP contribution in [0.15, 0.2) is 24.3 Å². The molecule has 6 heteroatoms. The predicted molar refractivity (Wildman–Crippen MR) is 88.4 cm³/mol. The smallest absolute Gasteiger partial charge is 0.414 e. The van der Waals surface area contributed by atoms with Crippen molar-refractivity contribution in [3.63, 3.8) is 0 Å². The molecule has 5 nitrogen and oxygen atoms in total. The second-order valence-electron chi connectivity index (χ2n) is 6.44. The van der Waals surface area contributed by atoms with Crippen molar-refractivity contribution in [2.24, 2.45) is 0 Å². The molecular formula is C18H24FNO4. The number of rotatable bonds is 8. The van der Waals surface area contributed by atoms with Crippen LogP contribution < -0.4 is 0 Å². The van der Waals surface area contributed by atoms with Gasteiger partial charge in [-0.15, -0.1) is 0 Å². The fourth-order valence-electron chi connectivity index (χ4n) is 2.73. The van der Waals surface area contributed by atoms with E-state index in [0.29, 0.717) is 31.2 Å². The quantitative estimate of drug-likeness (QED) is 0.568. The van der Waals surface area contributed by atoms with E-state index in [-0.39, 0.29) is 11.6 Å². The molecule has 132 valence electrons. The molecule has 0 aromatic heterocycles. The van der Waals surface area contributed by atoms with E-state index in [1.807, 2.05) is 0 Å². The van der Waals surface area contributed by atoms with E-state index in [9.17, 15) is 18.8 Å². The molecule has 24 heavy (non-hydrogen) atoms. The van der Waals surface area contributed by atoms with E-state index in [0.717, 1.165) is 11.3 Å². The highest BCUT2D eigenvalue weighted by Gasteiger charge is 2.33. The lowest BCUT2D eigenvalue weighted by Gasteiger charge is -2.34. The molecule has 0 atom stereocenters. The minimum absolute atomic E-state index is 0.0369. The number of benzene rings is 1. The van der Waals surface area contributed by atoms with Gasteiger partial charge in [-0.05, 0) is 51.0 Å². The van der Waals surface area contributed by atoms with Gasteiger partial charge in [0, 0.05) is 24.4 Å². The fourth-order valence-corrected chi connectivity index (χ4v) is 2.73. The van der Waals surface area contributed by atoms with Gasteiger partial charge in [-0.25, -0.2) is 14.1 Å². The SMILES string of the molecule is CC(=O)N(C(=O)O)C(C)(C)CCCCCC(=O)c1ccc(F)cc1. The standard InChI is InChI=1S/C18H24FNO4/c1-13(21)20(17(23)24)18(2,3)12-6-4-5-7-16(22)14-8-10-15(19)11-9-14/h8-11H,4-7,12H2,1-3H3,(H,23,24). The van der Waals surface area contributed by atoms with Crippen molar-refractivity contribution in [3.05, 3.63) is 35.6 Å². The molecule has 1 N–H and O–H groups in total. The third-order valence-electron chi connectivity index (χ3n) is 3.97. The summed E-state index contributed by atoms with van der Waals surface area (Å²) >= 11 is 0. The van der Waals surface area contributed by atoms with Gasteiger partial charge in [0.2, 0.25) is 5.91 Å². The van der Waals surface area contributed by atoms with Crippen LogP contribution in [0, 0.1) is 5.82 Å². The van der Waals surface area contributed by atoms with E-state index < -0.39 is 17.5 Å². The number of imide groups is 1. The summed E-state index contributed by atoms with van der Waals surface area (Å²) in [6.07, 6.45) is 1.77. The summed E-state index contributed by atoms with van der Waals surface area (Å²) in [6.45, 7) is 4.66. The van der Waals surface area contributed by atoms with Crippen molar-refractivity contribution in [1.82, 2.24) is 4.90 Å². The predicted octanol–water partition coefficient (Wildman–Crippen LogP) is 4.26. The number of unbranched alkanes of at least 4 members (excludes halogenated alkanes) is 2. The number of hydrogen-bond donors (Lipinski definition) is 1. The molecule has 0 saturated carbocycles. The zero-order valence-corrected chi connectivity index (χ0v) is 14.3. The Hall–Kier alpha value is -2.24. The Morgan fingerprint density at radius 2 is 1.67 bits per heavy atom. The lowest BCUT2D eigenvalue weighted by atomic mass is 9.94. The van der Waals surface area contributed by atoms with E-state index in [1.165, 1.54) is 31.2 Å². The third-order valence-corrected chi connectivity index (χ3v) is 3.97. The van der Waals surface area contributed by atoms with Crippen molar-refractivity contribution < 1.29 is 23.9 Å². The van der Waals surface area contributed by atoms with Crippen LogP contribution in [0.25, 0.3) is 0 Å². The third kappa shape index (κ3) is 5.76. The molecule has 0 spiro atoms. The number of carbonyl (C=O) groups excluding carboxylic acids is 2. The first-order valence-electron chi connectivity index (χ1n) is 7.97. The molecule has 0 fully saturated rings. The van der Waals surface area contributed by atoms with Gasteiger partial charge in [0.1, 0.15) is 5.82 Å². The average molecular weight is 337 g/mol. The van der Waals surface area contributed by atoms with Crippen LogP contribution in [0.4, 0.5) is 9.18 Å². The van der Waals surface area contributed by atoms with E-state index in [2.05, 4.69) is 0 Å². The number of nitrogens with zero attached hydrogens (tertiary/aromatic N) is 1. The van der Waals surface area contributed by atoms with Gasteiger partial charge in [-0.3, -0.25) is 9.59 Å². The highest BCUT2D eigenvalue weighted by molar-refractivity contribution is 5.95. The number of Topliss-reactive ketones (excluding diaryl/α,β-unsaturated/α-hetero) is 1. The van der Waals surface area contributed by atoms with E-state index >= 15 is 0 Å². The summed E-state index contributed by atoms with van der Waals surface area (Å²) in [5.41, 5.74) is -0.288. The molecule has 0 aliphatic heterocycles. The molecule has 1 aromatic rings. The Labute approximate surface area is 141 Å². The molecule has 0 radical (unpaired) electrons. The first kappa shape index (κ1) is 19.8. The van der Waals surface area contributed by atoms with Gasteiger partial charge in [-0.1, -0.05) is 12.8 Å². The van der Waals surface area contributed by atoms with Gasteiger partial charge in [0.25, 0.3) is 0 Å². The van der Waals surface area contributed by atoms with Crippen molar-refractivity contribution in [3.8, 4) is 0 Å². The van der Waals surface area contributed by atoms with Crippen molar-refractivity contribution >= 4 is 17.8 Å². The van der Waals surface area contributed by atoms with Gasteiger partial charge >= 0.3 is 6.09 Å². The van der Waals surface area contributed by atoms with Gasteiger partial charge in [0.15, 0.2) is 5.78 Å². The Kier molecular flexibility index (Phi) is 7.07. The molecule has 1 rings (SSSR count). The largest absolute Gasteiger partial charge is 0.465 e. The van der Waals surface area contributed by atoms with Crippen molar-refractivity contribution in [2.45, 2.75) is 58.4 Å². The molecule has 2 amide bonds.